The molecule has 4 bridgehead atoms. The van der Waals surface area contributed by atoms with Gasteiger partial charge in [0.15, 0.2) is 0 Å². The van der Waals surface area contributed by atoms with E-state index in [0.717, 1.165) is 32.1 Å². The highest BCUT2D eigenvalue weighted by molar-refractivity contribution is 5.77. The summed E-state index contributed by atoms with van der Waals surface area (Å²) in [5, 5.41) is 10.7. The number of carbonyl (C=O) groups is 1. The van der Waals surface area contributed by atoms with Crippen LogP contribution in [-0.2, 0) is 9.53 Å². The largest absolute Gasteiger partial charge is 0.493 e. The number of hydrogen-bond donors (Lipinski definition) is 1. The molecule has 0 heterocycles. The van der Waals surface area contributed by atoms with Crippen molar-refractivity contribution in [1.29, 1.82) is 0 Å². The fourth-order valence-corrected chi connectivity index (χ4v) is 5.55. The summed E-state index contributed by atoms with van der Waals surface area (Å²) < 4.78 is 23.9. The second-order valence-corrected chi connectivity index (χ2v) is 8.26. The Morgan fingerprint density at radius 3 is 2.44 bits per heavy atom. The van der Waals surface area contributed by atoms with Crippen molar-refractivity contribution >= 4 is 5.97 Å². The van der Waals surface area contributed by atoms with Crippen LogP contribution >= 0.6 is 0 Å². The number of benzene rings is 1. The molecule has 5 heteroatoms. The van der Waals surface area contributed by atoms with Crippen LogP contribution in [0.5, 0.6) is 5.75 Å². The smallest absolute Gasteiger partial charge is 0.312 e. The summed E-state index contributed by atoms with van der Waals surface area (Å²) in [6, 6.07) is 5.87. The molecule has 4 aliphatic carbocycles. The van der Waals surface area contributed by atoms with Gasteiger partial charge in [-0.3, -0.25) is 4.79 Å². The summed E-state index contributed by atoms with van der Waals surface area (Å²) in [4.78, 5) is 12.7. The predicted octanol–water partition coefficient (Wildman–Crippen LogP) is 3.47. The maximum atomic E-state index is 12.8. The Labute approximate surface area is 147 Å². The van der Waals surface area contributed by atoms with Gasteiger partial charge in [0.05, 0.1) is 24.2 Å². The van der Waals surface area contributed by atoms with Crippen molar-refractivity contribution in [2.24, 2.45) is 17.3 Å². The molecule has 1 aromatic rings. The molecule has 0 aromatic heterocycles. The van der Waals surface area contributed by atoms with Gasteiger partial charge in [-0.25, -0.2) is 4.39 Å². The normalized spacial score (nSPS) is 35.6. The van der Waals surface area contributed by atoms with Crippen molar-refractivity contribution in [2.75, 3.05) is 13.2 Å². The Balaban J connectivity index is 1.25. The Kier molecular flexibility index (Phi) is 4.22. The van der Waals surface area contributed by atoms with Crippen LogP contribution in [0.2, 0.25) is 0 Å². The second-order valence-electron chi connectivity index (χ2n) is 8.26. The monoisotopic (exact) mass is 348 g/mol. The fraction of sp³-hybridized carbons (Fsp3) is 0.650. The van der Waals surface area contributed by atoms with Gasteiger partial charge in [-0.2, -0.15) is 0 Å². The van der Waals surface area contributed by atoms with Gasteiger partial charge < -0.3 is 14.6 Å². The summed E-state index contributed by atoms with van der Waals surface area (Å²) in [6.45, 7) is 0.733. The minimum absolute atomic E-state index is 0.137. The van der Waals surface area contributed by atoms with Crippen LogP contribution in [0.15, 0.2) is 24.3 Å². The molecule has 0 radical (unpaired) electrons. The van der Waals surface area contributed by atoms with Crippen LogP contribution < -0.4 is 4.74 Å². The van der Waals surface area contributed by atoms with Crippen molar-refractivity contribution in [2.45, 2.75) is 50.5 Å². The summed E-state index contributed by atoms with van der Waals surface area (Å²) in [5.41, 5.74) is -1.11. The SMILES string of the molecule is O=C(OCCCOc1ccc(F)cc1)C12C[C@H]3C[C@@H](CC(O)(C3)C1)C2. The third-order valence-corrected chi connectivity index (χ3v) is 6.07. The van der Waals surface area contributed by atoms with Gasteiger partial charge in [0.1, 0.15) is 11.6 Å². The highest BCUT2D eigenvalue weighted by Gasteiger charge is 2.60. The fourth-order valence-electron chi connectivity index (χ4n) is 5.55. The van der Waals surface area contributed by atoms with Crippen molar-refractivity contribution < 1.29 is 23.8 Å². The molecule has 0 aliphatic heterocycles. The molecule has 0 amide bonds. The van der Waals surface area contributed by atoms with Gasteiger partial charge >= 0.3 is 5.97 Å². The Hall–Kier alpha value is -1.62. The first-order valence-corrected chi connectivity index (χ1v) is 9.24. The van der Waals surface area contributed by atoms with Gasteiger partial charge in [0.2, 0.25) is 0 Å². The van der Waals surface area contributed by atoms with Gasteiger partial charge in [-0.05, 0) is 74.6 Å². The first kappa shape index (κ1) is 16.8. The quantitative estimate of drug-likeness (QED) is 0.632. The first-order valence-electron chi connectivity index (χ1n) is 9.24. The molecular formula is C20H25FO4. The molecule has 4 nitrogen and oxygen atoms in total. The van der Waals surface area contributed by atoms with Crippen LogP contribution in [0, 0.1) is 23.1 Å². The van der Waals surface area contributed by atoms with E-state index in [-0.39, 0.29) is 11.8 Å². The van der Waals surface area contributed by atoms with E-state index in [4.69, 9.17) is 9.47 Å². The molecular weight excluding hydrogens is 323 g/mol. The van der Waals surface area contributed by atoms with Gasteiger partial charge in [-0.15, -0.1) is 0 Å². The molecule has 4 fully saturated rings. The molecule has 1 aromatic carbocycles. The number of halogens is 1. The molecule has 0 saturated heterocycles. The molecule has 2 atom stereocenters. The first-order chi connectivity index (χ1) is 12.0. The third-order valence-electron chi connectivity index (χ3n) is 6.07. The molecule has 0 spiro atoms. The number of aliphatic hydroxyl groups is 1. The summed E-state index contributed by atoms with van der Waals surface area (Å²) >= 11 is 0. The number of esters is 1. The van der Waals surface area contributed by atoms with Gasteiger partial charge in [-0.1, -0.05) is 0 Å². The van der Waals surface area contributed by atoms with Crippen molar-refractivity contribution in [3.8, 4) is 5.75 Å². The topological polar surface area (TPSA) is 55.8 Å². The molecule has 25 heavy (non-hydrogen) atoms. The molecule has 4 aliphatic rings. The average Bonchev–Trinajstić information content (AvgIpc) is 2.54. The van der Waals surface area contributed by atoms with Crippen LogP contribution in [0.1, 0.15) is 44.9 Å². The maximum absolute atomic E-state index is 12.8. The van der Waals surface area contributed by atoms with Crippen molar-refractivity contribution in [1.82, 2.24) is 0 Å². The maximum Gasteiger partial charge on any atom is 0.312 e. The van der Waals surface area contributed by atoms with E-state index in [1.165, 1.54) is 12.1 Å². The number of carbonyl (C=O) groups excluding carboxylic acids is 1. The zero-order valence-electron chi connectivity index (χ0n) is 14.4. The molecule has 4 saturated carbocycles. The van der Waals surface area contributed by atoms with E-state index in [1.54, 1.807) is 12.1 Å². The van der Waals surface area contributed by atoms with E-state index in [2.05, 4.69) is 0 Å². The van der Waals surface area contributed by atoms with Crippen molar-refractivity contribution in [3.63, 3.8) is 0 Å². The summed E-state index contributed by atoms with van der Waals surface area (Å²) in [5.74, 6) is 1.12. The molecule has 0 unspecified atom stereocenters. The van der Waals surface area contributed by atoms with Gasteiger partial charge in [0.25, 0.3) is 0 Å². The minimum Gasteiger partial charge on any atom is -0.493 e. The second kappa shape index (κ2) is 6.27. The number of ether oxygens (including phenoxy) is 2. The zero-order chi connectivity index (χ0) is 17.5. The predicted molar refractivity (Wildman–Crippen MR) is 89.5 cm³/mol. The van der Waals surface area contributed by atoms with Crippen LogP contribution in [0.3, 0.4) is 0 Å². The van der Waals surface area contributed by atoms with E-state index in [1.807, 2.05) is 0 Å². The van der Waals surface area contributed by atoms with Crippen molar-refractivity contribution in [3.05, 3.63) is 30.1 Å². The minimum atomic E-state index is -0.644. The lowest BCUT2D eigenvalue weighted by Crippen LogP contribution is -2.58. The highest BCUT2D eigenvalue weighted by atomic mass is 19.1. The molecule has 136 valence electrons. The zero-order valence-corrected chi connectivity index (χ0v) is 14.4. The average molecular weight is 348 g/mol. The molecule has 5 rings (SSSR count). The van der Waals surface area contributed by atoms with Crippen LogP contribution in [-0.4, -0.2) is 29.9 Å². The number of rotatable bonds is 6. The Bertz CT molecular complexity index is 628. The highest BCUT2D eigenvalue weighted by Crippen LogP contribution is 2.61. The third kappa shape index (κ3) is 3.39. The lowest BCUT2D eigenvalue weighted by atomic mass is 9.48. The lowest BCUT2D eigenvalue weighted by molar-refractivity contribution is -0.196. The standard InChI is InChI=1S/C20H25FO4/c21-16-2-4-17(5-3-16)24-6-1-7-25-18(22)19-9-14-8-15(10-19)12-20(23,11-14)13-19/h2-5,14-15,23H,1,6-13H2/t14-,15-,19?,20?/m1/s1. The van der Waals surface area contributed by atoms with E-state index in [9.17, 15) is 14.3 Å². The summed E-state index contributed by atoms with van der Waals surface area (Å²) in [6.07, 6.45) is 5.76. The Morgan fingerprint density at radius 1 is 1.12 bits per heavy atom. The van der Waals surface area contributed by atoms with E-state index in [0.29, 0.717) is 43.6 Å². The van der Waals surface area contributed by atoms with E-state index >= 15 is 0 Å². The summed E-state index contributed by atoms with van der Waals surface area (Å²) in [7, 11) is 0. The number of hydrogen-bond acceptors (Lipinski definition) is 4. The van der Waals surface area contributed by atoms with Crippen LogP contribution in [0.25, 0.3) is 0 Å². The van der Waals surface area contributed by atoms with E-state index < -0.39 is 11.0 Å². The van der Waals surface area contributed by atoms with Gasteiger partial charge in [0, 0.05) is 6.42 Å². The Morgan fingerprint density at radius 2 is 1.80 bits per heavy atom. The van der Waals surface area contributed by atoms with Crippen LogP contribution in [0.4, 0.5) is 4.39 Å². The molecule has 1 N–H and O–H groups in total. The lowest BCUT2D eigenvalue weighted by Gasteiger charge is -2.58.